The smallest absolute Gasteiger partial charge is 0.214 e. The Morgan fingerprint density at radius 2 is 2.00 bits per heavy atom. The molecule has 0 spiro atoms. The van der Waals surface area contributed by atoms with E-state index in [-0.39, 0.29) is 5.78 Å². The molecule has 0 radical (unpaired) electrons. The Labute approximate surface area is 106 Å². The summed E-state index contributed by atoms with van der Waals surface area (Å²) in [4.78, 5) is 35.9. The van der Waals surface area contributed by atoms with Gasteiger partial charge in [0.2, 0.25) is 6.41 Å². The first-order valence-corrected chi connectivity index (χ1v) is 5.91. The molecule has 18 heavy (non-hydrogen) atoms. The zero-order valence-electron chi connectivity index (χ0n) is 10.5. The van der Waals surface area contributed by atoms with Crippen molar-refractivity contribution in [3.8, 4) is 0 Å². The number of hydrogen-bond acceptors (Lipinski definition) is 3. The quantitative estimate of drug-likeness (QED) is 0.588. The zero-order chi connectivity index (χ0) is 13.3. The van der Waals surface area contributed by atoms with Crippen LogP contribution < -0.4 is 4.90 Å². The summed E-state index contributed by atoms with van der Waals surface area (Å²) in [5.74, 6) is -0.828. The van der Waals surface area contributed by atoms with Crippen LogP contribution in [0, 0.1) is 19.8 Å². The predicted molar refractivity (Wildman–Crippen MR) is 67.8 cm³/mol. The number of ketones is 1. The SMILES string of the molecule is Cc1cc(C)c2c(c1)C(=O)C(C=O)CCN2C=O. The molecule has 0 saturated heterocycles. The van der Waals surface area contributed by atoms with Crippen LogP contribution in [0.2, 0.25) is 0 Å². The molecule has 0 saturated carbocycles. The summed E-state index contributed by atoms with van der Waals surface area (Å²) in [7, 11) is 0. The van der Waals surface area contributed by atoms with E-state index >= 15 is 0 Å². The van der Waals surface area contributed by atoms with Crippen LogP contribution in [-0.2, 0) is 9.59 Å². The number of hydrogen-bond donors (Lipinski definition) is 0. The number of nitrogens with zero attached hydrogens (tertiary/aromatic N) is 1. The van der Waals surface area contributed by atoms with Crippen molar-refractivity contribution >= 4 is 24.2 Å². The van der Waals surface area contributed by atoms with Crippen LogP contribution in [0.5, 0.6) is 0 Å². The summed E-state index contributed by atoms with van der Waals surface area (Å²) in [5.41, 5.74) is 2.97. The van der Waals surface area contributed by atoms with Crippen molar-refractivity contribution in [2.24, 2.45) is 5.92 Å². The van der Waals surface area contributed by atoms with E-state index in [0.717, 1.165) is 17.5 Å². The summed E-state index contributed by atoms with van der Waals surface area (Å²) in [5, 5.41) is 0. The van der Waals surface area contributed by atoms with Gasteiger partial charge in [-0.3, -0.25) is 9.59 Å². The van der Waals surface area contributed by atoms with Gasteiger partial charge >= 0.3 is 0 Å². The van der Waals surface area contributed by atoms with Crippen molar-refractivity contribution in [3.63, 3.8) is 0 Å². The largest absolute Gasteiger partial charge is 0.314 e. The molecule has 1 amide bonds. The van der Waals surface area contributed by atoms with Crippen LogP contribution in [0.15, 0.2) is 12.1 Å². The normalized spacial score (nSPS) is 19.1. The second kappa shape index (κ2) is 4.72. The molecule has 1 aromatic rings. The number of anilines is 1. The van der Waals surface area contributed by atoms with Crippen LogP contribution in [0.1, 0.15) is 27.9 Å². The second-order valence-corrected chi connectivity index (χ2v) is 4.67. The molecule has 0 aliphatic carbocycles. The third kappa shape index (κ3) is 1.94. The second-order valence-electron chi connectivity index (χ2n) is 4.67. The summed E-state index contributed by atoms with van der Waals surface area (Å²) >= 11 is 0. The Balaban J connectivity index is 2.66. The molecule has 94 valence electrons. The van der Waals surface area contributed by atoms with Crippen molar-refractivity contribution in [1.29, 1.82) is 0 Å². The minimum Gasteiger partial charge on any atom is -0.314 e. The highest BCUT2D eigenvalue weighted by atomic mass is 16.1. The van der Waals surface area contributed by atoms with E-state index in [1.165, 1.54) is 4.90 Å². The number of fused-ring (bicyclic) bond motifs is 1. The highest BCUT2D eigenvalue weighted by molar-refractivity contribution is 6.11. The van der Waals surface area contributed by atoms with Crippen LogP contribution in [0.25, 0.3) is 0 Å². The van der Waals surface area contributed by atoms with E-state index in [0.29, 0.717) is 30.5 Å². The van der Waals surface area contributed by atoms with E-state index in [1.807, 2.05) is 19.9 Å². The fraction of sp³-hybridized carbons (Fsp3) is 0.357. The van der Waals surface area contributed by atoms with Gasteiger partial charge in [0.25, 0.3) is 0 Å². The van der Waals surface area contributed by atoms with Gasteiger partial charge < -0.3 is 9.69 Å². The molecular formula is C14H15NO3. The Morgan fingerprint density at radius 1 is 1.28 bits per heavy atom. The highest BCUT2D eigenvalue weighted by Crippen LogP contribution is 2.31. The van der Waals surface area contributed by atoms with Gasteiger partial charge in [0.15, 0.2) is 5.78 Å². The lowest BCUT2D eigenvalue weighted by Gasteiger charge is -2.19. The van der Waals surface area contributed by atoms with Crippen LogP contribution in [-0.4, -0.2) is 25.0 Å². The van der Waals surface area contributed by atoms with Gasteiger partial charge in [-0.1, -0.05) is 6.07 Å². The molecule has 2 rings (SSSR count). The first-order chi connectivity index (χ1) is 8.58. The molecule has 0 fully saturated rings. The maximum absolute atomic E-state index is 12.3. The number of rotatable bonds is 2. The average Bonchev–Trinajstić information content (AvgIpc) is 2.47. The van der Waals surface area contributed by atoms with Crippen molar-refractivity contribution in [2.75, 3.05) is 11.4 Å². The maximum Gasteiger partial charge on any atom is 0.214 e. The number of Topliss-reactive ketones (excluding diaryl/α,β-unsaturated/α-hetero) is 1. The van der Waals surface area contributed by atoms with Crippen molar-refractivity contribution in [3.05, 3.63) is 28.8 Å². The molecule has 1 aliphatic rings. The fourth-order valence-electron chi connectivity index (χ4n) is 2.49. The molecule has 1 aromatic carbocycles. The standard InChI is InChI=1S/C14H15NO3/c1-9-5-10(2)13-12(6-9)14(18)11(7-16)3-4-15(13)8-17/h5-8,11H,3-4H2,1-2H3. The van der Waals surface area contributed by atoms with Gasteiger partial charge in [0.1, 0.15) is 6.29 Å². The van der Waals surface area contributed by atoms with E-state index in [2.05, 4.69) is 0 Å². The summed E-state index contributed by atoms with van der Waals surface area (Å²) in [6.45, 7) is 4.17. The van der Waals surface area contributed by atoms with Gasteiger partial charge in [-0.2, -0.15) is 0 Å². The van der Waals surface area contributed by atoms with Crippen molar-refractivity contribution in [1.82, 2.24) is 0 Å². The monoisotopic (exact) mass is 245 g/mol. The Bertz CT molecular complexity index is 522. The van der Waals surface area contributed by atoms with Crippen LogP contribution >= 0.6 is 0 Å². The summed E-state index contributed by atoms with van der Waals surface area (Å²) in [6.07, 6.45) is 1.79. The van der Waals surface area contributed by atoms with E-state index < -0.39 is 5.92 Å². The van der Waals surface area contributed by atoms with Crippen LogP contribution in [0.4, 0.5) is 5.69 Å². The minimum absolute atomic E-state index is 0.184. The molecule has 1 atom stereocenters. The maximum atomic E-state index is 12.3. The van der Waals surface area contributed by atoms with Crippen LogP contribution in [0.3, 0.4) is 0 Å². The van der Waals surface area contributed by atoms with Gasteiger partial charge in [-0.05, 0) is 37.5 Å². The lowest BCUT2D eigenvalue weighted by Crippen LogP contribution is -2.23. The van der Waals surface area contributed by atoms with E-state index in [9.17, 15) is 14.4 Å². The van der Waals surface area contributed by atoms with Crippen molar-refractivity contribution in [2.45, 2.75) is 20.3 Å². The van der Waals surface area contributed by atoms with Crippen molar-refractivity contribution < 1.29 is 14.4 Å². The number of aldehydes is 1. The van der Waals surface area contributed by atoms with Gasteiger partial charge in [0, 0.05) is 12.1 Å². The molecule has 0 bridgehead atoms. The number of aryl methyl sites for hydroxylation is 2. The topological polar surface area (TPSA) is 54.5 Å². The molecular weight excluding hydrogens is 230 g/mol. The first-order valence-electron chi connectivity index (χ1n) is 5.91. The van der Waals surface area contributed by atoms with E-state index in [4.69, 9.17) is 0 Å². The number of amides is 1. The Hall–Kier alpha value is -1.97. The number of carbonyl (C=O) groups is 3. The third-order valence-electron chi connectivity index (χ3n) is 3.31. The minimum atomic E-state index is -0.644. The fourth-order valence-corrected chi connectivity index (χ4v) is 2.49. The highest BCUT2D eigenvalue weighted by Gasteiger charge is 2.29. The summed E-state index contributed by atoms with van der Waals surface area (Å²) in [6, 6.07) is 3.69. The average molecular weight is 245 g/mol. The van der Waals surface area contributed by atoms with Gasteiger partial charge in [-0.25, -0.2) is 0 Å². The number of benzene rings is 1. The predicted octanol–water partition coefficient (Wildman–Crippen LogP) is 1.67. The zero-order valence-corrected chi connectivity index (χ0v) is 10.5. The summed E-state index contributed by atoms with van der Waals surface area (Å²) < 4.78 is 0. The molecule has 1 heterocycles. The third-order valence-corrected chi connectivity index (χ3v) is 3.31. The lowest BCUT2D eigenvalue weighted by atomic mass is 9.94. The Morgan fingerprint density at radius 3 is 2.61 bits per heavy atom. The molecule has 1 unspecified atom stereocenters. The first kappa shape index (κ1) is 12.5. The molecule has 4 heteroatoms. The molecule has 1 aliphatic heterocycles. The number of carbonyl (C=O) groups excluding carboxylic acids is 3. The van der Waals surface area contributed by atoms with Gasteiger partial charge in [-0.15, -0.1) is 0 Å². The molecule has 4 nitrogen and oxygen atoms in total. The van der Waals surface area contributed by atoms with Gasteiger partial charge in [0.05, 0.1) is 11.6 Å². The molecule has 0 aromatic heterocycles. The Kier molecular flexibility index (Phi) is 3.28. The lowest BCUT2D eigenvalue weighted by molar-refractivity contribution is -0.110. The van der Waals surface area contributed by atoms with E-state index in [1.54, 1.807) is 6.07 Å². The molecule has 0 N–H and O–H groups in total.